The summed E-state index contributed by atoms with van der Waals surface area (Å²) in [6, 6.07) is 5.31. The first-order valence-corrected chi connectivity index (χ1v) is 6.93. The largest absolute Gasteiger partial charge is 0.478 e. The summed E-state index contributed by atoms with van der Waals surface area (Å²) < 4.78 is 0. The second-order valence-electron chi connectivity index (χ2n) is 5.33. The molecule has 5 nitrogen and oxygen atoms in total. The molecule has 112 valence electrons. The number of hydrogen-bond acceptors (Lipinski definition) is 3. The number of rotatable bonds is 4. The second-order valence-corrected chi connectivity index (χ2v) is 5.33. The van der Waals surface area contributed by atoms with E-state index in [-0.39, 0.29) is 18.4 Å². The van der Waals surface area contributed by atoms with Crippen molar-refractivity contribution >= 4 is 18.0 Å². The first-order chi connectivity index (χ1) is 10.0. The second kappa shape index (κ2) is 6.54. The molecule has 1 fully saturated rings. The van der Waals surface area contributed by atoms with E-state index < -0.39 is 5.97 Å². The van der Waals surface area contributed by atoms with Crippen molar-refractivity contribution < 1.29 is 19.8 Å². The summed E-state index contributed by atoms with van der Waals surface area (Å²) >= 11 is 0. The van der Waals surface area contributed by atoms with Gasteiger partial charge in [-0.3, -0.25) is 4.79 Å². The third-order valence-corrected chi connectivity index (χ3v) is 3.74. The molecular formula is C16H19NO4. The Balaban J connectivity index is 2.20. The van der Waals surface area contributed by atoms with Crippen molar-refractivity contribution in [1.82, 2.24) is 4.90 Å². The van der Waals surface area contributed by atoms with E-state index >= 15 is 0 Å². The Morgan fingerprint density at radius 3 is 2.81 bits per heavy atom. The molecular weight excluding hydrogens is 270 g/mol. The van der Waals surface area contributed by atoms with Crippen LogP contribution in [-0.2, 0) is 4.79 Å². The lowest BCUT2D eigenvalue weighted by Crippen LogP contribution is -2.29. The van der Waals surface area contributed by atoms with E-state index in [0.29, 0.717) is 24.2 Å². The predicted molar refractivity (Wildman–Crippen MR) is 78.9 cm³/mol. The average molecular weight is 289 g/mol. The van der Waals surface area contributed by atoms with Gasteiger partial charge >= 0.3 is 5.97 Å². The van der Waals surface area contributed by atoms with Crippen molar-refractivity contribution in [3.05, 3.63) is 41.0 Å². The molecule has 1 aliphatic heterocycles. The SMILES string of the molecule is Cc1ccc(/C=C/C(=O)O)cc1C(=O)N1CCC(CO)C1. The van der Waals surface area contributed by atoms with Crippen molar-refractivity contribution in [2.75, 3.05) is 19.7 Å². The molecule has 1 aromatic rings. The number of carbonyl (C=O) groups is 2. The Morgan fingerprint density at radius 2 is 2.19 bits per heavy atom. The molecule has 2 N–H and O–H groups in total. The first kappa shape index (κ1) is 15.3. The number of hydrogen-bond donors (Lipinski definition) is 2. The lowest BCUT2D eigenvalue weighted by Gasteiger charge is -2.18. The van der Waals surface area contributed by atoms with Crippen molar-refractivity contribution in [3.8, 4) is 0 Å². The Labute approximate surface area is 123 Å². The van der Waals surface area contributed by atoms with E-state index in [1.807, 2.05) is 13.0 Å². The molecule has 1 atom stereocenters. The highest BCUT2D eigenvalue weighted by atomic mass is 16.4. The minimum Gasteiger partial charge on any atom is -0.478 e. The normalized spacial score (nSPS) is 18.4. The van der Waals surface area contributed by atoms with Gasteiger partial charge in [-0.15, -0.1) is 0 Å². The van der Waals surface area contributed by atoms with Gasteiger partial charge in [-0.2, -0.15) is 0 Å². The fraction of sp³-hybridized carbons (Fsp3) is 0.375. The number of nitrogens with zero attached hydrogens (tertiary/aromatic N) is 1. The molecule has 1 heterocycles. The third-order valence-electron chi connectivity index (χ3n) is 3.74. The van der Waals surface area contributed by atoms with E-state index in [1.54, 1.807) is 17.0 Å². The molecule has 0 aliphatic carbocycles. The van der Waals surface area contributed by atoms with Crippen LogP contribution in [0, 0.1) is 12.8 Å². The van der Waals surface area contributed by atoms with E-state index in [0.717, 1.165) is 18.1 Å². The van der Waals surface area contributed by atoms with Crippen LogP contribution in [0.5, 0.6) is 0 Å². The topological polar surface area (TPSA) is 77.8 Å². The maximum absolute atomic E-state index is 12.5. The van der Waals surface area contributed by atoms with Gasteiger partial charge < -0.3 is 15.1 Å². The van der Waals surface area contributed by atoms with Gasteiger partial charge in [-0.05, 0) is 36.6 Å². The van der Waals surface area contributed by atoms with Crippen molar-refractivity contribution in [2.45, 2.75) is 13.3 Å². The summed E-state index contributed by atoms with van der Waals surface area (Å²) in [6.07, 6.45) is 3.34. The number of benzene rings is 1. The maximum atomic E-state index is 12.5. The number of carbonyl (C=O) groups excluding carboxylic acids is 1. The molecule has 5 heteroatoms. The molecule has 0 aromatic heterocycles. The van der Waals surface area contributed by atoms with Gasteiger partial charge in [-0.1, -0.05) is 12.1 Å². The van der Waals surface area contributed by atoms with Crippen LogP contribution in [0.25, 0.3) is 6.08 Å². The molecule has 0 radical (unpaired) electrons. The number of aryl methyl sites for hydroxylation is 1. The summed E-state index contributed by atoms with van der Waals surface area (Å²) in [6.45, 7) is 3.18. The predicted octanol–water partition coefficient (Wildman–Crippen LogP) is 1.55. The number of likely N-dealkylation sites (tertiary alicyclic amines) is 1. The van der Waals surface area contributed by atoms with Gasteiger partial charge in [0.15, 0.2) is 0 Å². The van der Waals surface area contributed by atoms with Crippen LogP contribution in [0.15, 0.2) is 24.3 Å². The minimum atomic E-state index is -1.02. The molecule has 1 unspecified atom stereocenters. The fourth-order valence-electron chi connectivity index (χ4n) is 2.48. The molecule has 1 aliphatic rings. The number of aliphatic hydroxyl groups is 1. The number of carboxylic acids is 1. The van der Waals surface area contributed by atoms with Crippen LogP contribution in [0.1, 0.15) is 27.9 Å². The summed E-state index contributed by atoms with van der Waals surface area (Å²) in [5.74, 6) is -0.924. The zero-order chi connectivity index (χ0) is 15.4. The lowest BCUT2D eigenvalue weighted by molar-refractivity contribution is -0.131. The summed E-state index contributed by atoms with van der Waals surface area (Å²) in [5, 5.41) is 17.8. The standard InChI is InChI=1S/C16H19NO4/c1-11-2-3-12(4-5-15(19)20)8-14(11)16(21)17-7-6-13(9-17)10-18/h2-5,8,13,18H,6-7,9-10H2,1H3,(H,19,20)/b5-4+. The summed E-state index contributed by atoms with van der Waals surface area (Å²) in [4.78, 5) is 24.8. The quantitative estimate of drug-likeness (QED) is 0.824. The molecule has 0 spiro atoms. The van der Waals surface area contributed by atoms with Crippen LogP contribution >= 0.6 is 0 Å². The fourth-order valence-corrected chi connectivity index (χ4v) is 2.48. The highest BCUT2D eigenvalue weighted by molar-refractivity contribution is 5.96. The molecule has 1 saturated heterocycles. The molecule has 1 amide bonds. The average Bonchev–Trinajstić information content (AvgIpc) is 2.94. The third kappa shape index (κ3) is 3.70. The van der Waals surface area contributed by atoms with Gasteiger partial charge in [0.1, 0.15) is 0 Å². The Kier molecular flexibility index (Phi) is 4.75. The maximum Gasteiger partial charge on any atom is 0.328 e. The van der Waals surface area contributed by atoms with Crippen molar-refractivity contribution in [3.63, 3.8) is 0 Å². The number of carboxylic acid groups (broad SMARTS) is 1. The Bertz CT molecular complexity index is 580. The van der Waals surface area contributed by atoms with Gasteiger partial charge in [0, 0.05) is 37.3 Å². The number of aliphatic hydroxyl groups excluding tert-OH is 1. The zero-order valence-corrected chi connectivity index (χ0v) is 12.0. The van der Waals surface area contributed by atoms with E-state index in [9.17, 15) is 9.59 Å². The van der Waals surface area contributed by atoms with Crippen LogP contribution in [0.3, 0.4) is 0 Å². The lowest BCUT2D eigenvalue weighted by atomic mass is 10.0. The van der Waals surface area contributed by atoms with Crippen molar-refractivity contribution in [1.29, 1.82) is 0 Å². The molecule has 0 saturated carbocycles. The monoisotopic (exact) mass is 289 g/mol. The van der Waals surface area contributed by atoms with Gasteiger partial charge in [-0.25, -0.2) is 4.79 Å². The van der Waals surface area contributed by atoms with Crippen LogP contribution in [0.4, 0.5) is 0 Å². The highest BCUT2D eigenvalue weighted by Crippen LogP contribution is 2.21. The van der Waals surface area contributed by atoms with E-state index in [1.165, 1.54) is 6.08 Å². The molecule has 0 bridgehead atoms. The van der Waals surface area contributed by atoms with E-state index in [4.69, 9.17) is 10.2 Å². The Morgan fingerprint density at radius 1 is 1.43 bits per heavy atom. The van der Waals surface area contributed by atoms with Gasteiger partial charge in [0.25, 0.3) is 5.91 Å². The molecule has 21 heavy (non-hydrogen) atoms. The summed E-state index contributed by atoms with van der Waals surface area (Å²) in [7, 11) is 0. The molecule has 2 rings (SSSR count). The number of amides is 1. The summed E-state index contributed by atoms with van der Waals surface area (Å²) in [5.41, 5.74) is 2.13. The van der Waals surface area contributed by atoms with Crippen LogP contribution < -0.4 is 0 Å². The van der Waals surface area contributed by atoms with Gasteiger partial charge in [0.05, 0.1) is 0 Å². The van der Waals surface area contributed by atoms with Crippen LogP contribution in [0.2, 0.25) is 0 Å². The minimum absolute atomic E-state index is 0.0611. The molecule has 1 aromatic carbocycles. The van der Waals surface area contributed by atoms with Crippen LogP contribution in [-0.4, -0.2) is 46.7 Å². The zero-order valence-electron chi connectivity index (χ0n) is 12.0. The van der Waals surface area contributed by atoms with Crippen molar-refractivity contribution in [2.24, 2.45) is 5.92 Å². The Hall–Kier alpha value is -2.14. The highest BCUT2D eigenvalue weighted by Gasteiger charge is 2.27. The van der Waals surface area contributed by atoms with E-state index in [2.05, 4.69) is 0 Å². The van der Waals surface area contributed by atoms with Gasteiger partial charge in [0.2, 0.25) is 0 Å². The first-order valence-electron chi connectivity index (χ1n) is 6.93. The smallest absolute Gasteiger partial charge is 0.328 e. The number of aliphatic carboxylic acids is 1.